The molecule has 2 N–H and O–H groups in total. The average Bonchev–Trinajstić information content (AvgIpc) is 2.81. The fourth-order valence-electron chi connectivity index (χ4n) is 3.23. The lowest BCUT2D eigenvalue weighted by Gasteiger charge is -2.33. The van der Waals surface area contributed by atoms with Gasteiger partial charge in [-0.2, -0.15) is 0 Å². The maximum Gasteiger partial charge on any atom is 0.194 e. The van der Waals surface area contributed by atoms with Crippen molar-refractivity contribution in [3.8, 4) is 0 Å². The first-order valence-corrected chi connectivity index (χ1v) is 10.7. The Balaban J connectivity index is 1.68. The van der Waals surface area contributed by atoms with Crippen LogP contribution in [0.15, 0.2) is 36.4 Å². The highest BCUT2D eigenvalue weighted by molar-refractivity contribution is 6.35. The number of hydrogen-bond acceptors (Lipinski definition) is 5. The Morgan fingerprint density at radius 1 is 0.900 bits per heavy atom. The summed E-state index contributed by atoms with van der Waals surface area (Å²) < 4.78 is 17.3. The molecule has 1 aliphatic rings. The molecule has 4 atom stereocenters. The molecule has 1 heterocycles. The zero-order valence-corrected chi connectivity index (χ0v) is 19.4. The van der Waals surface area contributed by atoms with Gasteiger partial charge in [0.05, 0.1) is 19.8 Å². The lowest BCUT2D eigenvalue weighted by molar-refractivity contribution is -0.253. The van der Waals surface area contributed by atoms with Crippen molar-refractivity contribution in [3.05, 3.63) is 67.6 Å². The molecule has 3 rings (SSSR count). The van der Waals surface area contributed by atoms with Gasteiger partial charge in [-0.1, -0.05) is 58.5 Å². The quantitative estimate of drug-likeness (QED) is 0.548. The Hall–Kier alpha value is -0.600. The second-order valence-corrected chi connectivity index (χ2v) is 9.19. The van der Waals surface area contributed by atoms with Crippen LogP contribution in [-0.2, 0) is 27.4 Å². The third-order valence-electron chi connectivity index (χ3n) is 5.20. The average molecular weight is 496 g/mol. The van der Waals surface area contributed by atoms with Crippen LogP contribution < -0.4 is 0 Å². The first-order chi connectivity index (χ1) is 14.0. The lowest BCUT2D eigenvalue weighted by Crippen LogP contribution is -2.53. The van der Waals surface area contributed by atoms with Gasteiger partial charge in [-0.15, -0.1) is 0 Å². The number of halogens is 4. The molecule has 2 aromatic rings. The molecular weight excluding hydrogens is 474 g/mol. The van der Waals surface area contributed by atoms with Crippen LogP contribution in [0.2, 0.25) is 20.1 Å². The summed E-state index contributed by atoms with van der Waals surface area (Å²) in [5.74, 6) is -1.83. The molecule has 164 valence electrons. The number of aliphatic hydroxyl groups is 2. The van der Waals surface area contributed by atoms with Crippen LogP contribution >= 0.6 is 46.4 Å². The van der Waals surface area contributed by atoms with Crippen molar-refractivity contribution in [3.63, 3.8) is 0 Å². The molecule has 0 saturated carbocycles. The topological polar surface area (TPSA) is 68.2 Å². The van der Waals surface area contributed by atoms with Crippen LogP contribution in [0, 0.1) is 0 Å². The zero-order valence-electron chi connectivity index (χ0n) is 16.4. The van der Waals surface area contributed by atoms with E-state index in [-0.39, 0.29) is 19.8 Å². The van der Waals surface area contributed by atoms with E-state index in [1.807, 2.05) is 0 Å². The summed E-state index contributed by atoms with van der Waals surface area (Å²) in [6.45, 7) is 3.20. The van der Waals surface area contributed by atoms with Gasteiger partial charge in [0.15, 0.2) is 5.79 Å². The van der Waals surface area contributed by atoms with Crippen LogP contribution in [0.3, 0.4) is 0 Å². The molecule has 1 saturated heterocycles. The van der Waals surface area contributed by atoms with Crippen molar-refractivity contribution in [1.82, 2.24) is 0 Å². The minimum absolute atomic E-state index is 0.0598. The minimum Gasteiger partial charge on any atom is -0.382 e. The van der Waals surface area contributed by atoms with Gasteiger partial charge < -0.3 is 24.4 Å². The number of rotatable bonds is 7. The first-order valence-electron chi connectivity index (χ1n) is 9.21. The largest absolute Gasteiger partial charge is 0.382 e. The zero-order chi connectivity index (χ0) is 22.1. The van der Waals surface area contributed by atoms with E-state index in [1.165, 1.54) is 13.8 Å². The van der Waals surface area contributed by atoms with Crippen molar-refractivity contribution < 1.29 is 24.4 Å². The molecule has 0 spiro atoms. The highest BCUT2D eigenvalue weighted by Gasteiger charge is 2.60. The molecule has 0 aromatic heterocycles. The fraction of sp³-hybridized carbons (Fsp3) is 0.429. The monoisotopic (exact) mass is 494 g/mol. The van der Waals surface area contributed by atoms with Gasteiger partial charge in [0, 0.05) is 20.1 Å². The van der Waals surface area contributed by atoms with Crippen LogP contribution in [-0.4, -0.2) is 40.4 Å². The lowest BCUT2D eigenvalue weighted by atomic mass is 9.91. The van der Waals surface area contributed by atoms with Crippen molar-refractivity contribution in [2.24, 2.45) is 0 Å². The Bertz CT molecular complexity index is 903. The second-order valence-electron chi connectivity index (χ2n) is 7.50. The summed E-state index contributed by atoms with van der Waals surface area (Å²) in [7, 11) is 0. The first kappa shape index (κ1) is 24.1. The third-order valence-corrected chi connectivity index (χ3v) is 6.37. The van der Waals surface area contributed by atoms with Crippen LogP contribution in [0.5, 0.6) is 0 Å². The predicted octanol–water partition coefficient (Wildman–Crippen LogP) is 5.26. The molecule has 1 aliphatic heterocycles. The molecule has 2 aromatic carbocycles. The van der Waals surface area contributed by atoms with E-state index < -0.39 is 23.6 Å². The number of hydrogen-bond donors (Lipinski definition) is 2. The van der Waals surface area contributed by atoms with Crippen LogP contribution in [0.4, 0.5) is 0 Å². The maximum absolute atomic E-state index is 10.9. The number of benzene rings is 2. The summed E-state index contributed by atoms with van der Waals surface area (Å²) in [4.78, 5) is 0. The van der Waals surface area contributed by atoms with E-state index in [9.17, 15) is 10.2 Å². The summed E-state index contributed by atoms with van der Waals surface area (Å²) >= 11 is 24.2. The Morgan fingerprint density at radius 2 is 1.43 bits per heavy atom. The van der Waals surface area contributed by atoms with E-state index in [2.05, 4.69) is 0 Å². The molecule has 0 aliphatic carbocycles. The summed E-state index contributed by atoms with van der Waals surface area (Å²) in [5, 5.41) is 23.4. The highest BCUT2D eigenvalue weighted by Crippen LogP contribution is 2.40. The van der Waals surface area contributed by atoms with Crippen molar-refractivity contribution in [2.75, 3.05) is 6.61 Å². The van der Waals surface area contributed by atoms with Gasteiger partial charge in [-0.25, -0.2) is 0 Å². The molecule has 5 nitrogen and oxygen atoms in total. The van der Waals surface area contributed by atoms with E-state index >= 15 is 0 Å². The molecule has 0 bridgehead atoms. The summed E-state index contributed by atoms with van der Waals surface area (Å²) in [6.07, 6.45) is -1.60. The molecule has 0 radical (unpaired) electrons. The molecule has 9 heteroatoms. The smallest absolute Gasteiger partial charge is 0.194 e. The van der Waals surface area contributed by atoms with E-state index in [0.29, 0.717) is 25.7 Å². The van der Waals surface area contributed by atoms with E-state index in [4.69, 9.17) is 60.6 Å². The van der Waals surface area contributed by atoms with Gasteiger partial charge in [0.1, 0.15) is 17.8 Å². The van der Waals surface area contributed by atoms with Gasteiger partial charge in [0.25, 0.3) is 0 Å². The number of ether oxygens (including phenoxy) is 3. The van der Waals surface area contributed by atoms with Crippen molar-refractivity contribution >= 4 is 46.4 Å². The third kappa shape index (κ3) is 5.23. The van der Waals surface area contributed by atoms with Crippen molar-refractivity contribution in [1.29, 1.82) is 0 Å². The van der Waals surface area contributed by atoms with Gasteiger partial charge in [0.2, 0.25) is 0 Å². The van der Waals surface area contributed by atoms with E-state index in [0.717, 1.165) is 5.56 Å². The summed E-state index contributed by atoms with van der Waals surface area (Å²) in [5.41, 5.74) is -0.239. The normalized spacial score (nSPS) is 28.8. The van der Waals surface area contributed by atoms with Crippen LogP contribution in [0.25, 0.3) is 0 Å². The standard InChI is InChI=1S/C21H22Cl4O5/c1-20(26)19(29-10-13-4-6-15(23)8-17(13)25)18(30-21(20,2)27)11-28-9-12-3-5-14(22)7-16(12)24/h3-8,18-19,26-27H,9-11H2,1-2H3/t18-,19-,20-,21-/m1/s1. The Morgan fingerprint density at radius 3 is 1.97 bits per heavy atom. The predicted molar refractivity (Wildman–Crippen MR) is 117 cm³/mol. The molecule has 30 heavy (non-hydrogen) atoms. The van der Waals surface area contributed by atoms with Crippen molar-refractivity contribution in [2.45, 2.75) is 50.7 Å². The molecule has 0 amide bonds. The maximum atomic E-state index is 10.9. The minimum atomic E-state index is -1.83. The Kier molecular flexibility index (Phi) is 7.61. The molecule has 0 unspecified atom stereocenters. The highest BCUT2D eigenvalue weighted by atomic mass is 35.5. The van der Waals surface area contributed by atoms with Gasteiger partial charge in [-0.3, -0.25) is 0 Å². The van der Waals surface area contributed by atoms with Gasteiger partial charge in [-0.05, 0) is 49.2 Å². The fourth-order valence-corrected chi connectivity index (χ4v) is 4.16. The summed E-state index contributed by atoms with van der Waals surface area (Å²) in [6, 6.07) is 10.2. The SMILES string of the molecule is C[C@@]1(O)O[C@H](COCc2ccc(Cl)cc2Cl)[C@@H](OCc2ccc(Cl)cc2Cl)[C@@]1(C)O. The second kappa shape index (κ2) is 9.49. The van der Waals surface area contributed by atoms with Gasteiger partial charge >= 0.3 is 0 Å². The Labute approximate surface area is 195 Å². The van der Waals surface area contributed by atoms with E-state index in [1.54, 1.807) is 36.4 Å². The van der Waals surface area contributed by atoms with Crippen LogP contribution in [0.1, 0.15) is 25.0 Å². The molecule has 1 fully saturated rings. The molecular formula is C21H22Cl4O5.